The van der Waals surface area contributed by atoms with Gasteiger partial charge in [-0.05, 0) is 71.2 Å². The average molecular weight is 1790 g/mol. The molecule has 0 aliphatic carbocycles. The molecule has 39 nitrogen and oxygen atoms in total. The second kappa shape index (κ2) is 49.7. The third-order valence-electron chi connectivity index (χ3n) is 21.3. The maximum atomic E-state index is 15.5. The van der Waals surface area contributed by atoms with Crippen LogP contribution in [-0.2, 0) is 114 Å². The molecule has 40 heteroatoms. The minimum absolute atomic E-state index is 0.00661. The van der Waals surface area contributed by atoms with Crippen LogP contribution in [0.5, 0.6) is 5.75 Å². The molecule has 0 unspecified atom stereocenters. The van der Waals surface area contributed by atoms with Gasteiger partial charge in [-0.1, -0.05) is 155 Å². The van der Waals surface area contributed by atoms with Gasteiger partial charge in [-0.25, -0.2) is 0 Å². The van der Waals surface area contributed by atoms with Gasteiger partial charge in [0.1, 0.15) is 72.2 Å². The van der Waals surface area contributed by atoms with Crippen LogP contribution in [-0.4, -0.2) is 291 Å². The number of benzene rings is 5. The normalized spacial score (nSPS) is 21.9. The van der Waals surface area contributed by atoms with Crippen LogP contribution in [0.1, 0.15) is 93.5 Å². The van der Waals surface area contributed by atoms with Crippen LogP contribution in [0.2, 0.25) is 0 Å². The van der Waals surface area contributed by atoms with Crippen molar-refractivity contribution in [1.29, 1.82) is 5.41 Å². The van der Waals surface area contributed by atoms with E-state index >= 15 is 33.6 Å². The number of phenols is 1. The number of nitrogens with one attached hydrogen (secondary N) is 12. The number of aromatic hydroxyl groups is 1. The van der Waals surface area contributed by atoms with Crippen LogP contribution in [0.4, 0.5) is 0 Å². The number of unbranched alkanes of at least 4 members (excludes halogenated alkanes) is 1. The second-order valence-electron chi connectivity index (χ2n) is 31.6. The molecule has 1 aliphatic rings. The third-order valence-corrected chi connectivity index (χ3v) is 22.4. The summed E-state index contributed by atoms with van der Waals surface area (Å²) in [6, 6.07) is 19.5. The Bertz CT molecular complexity index is 4910. The first kappa shape index (κ1) is 101. The van der Waals surface area contributed by atoms with Crippen molar-refractivity contribution < 1.29 is 96.8 Å². The number of primary amides is 1. The Hall–Kier alpha value is -14.0. The van der Waals surface area contributed by atoms with E-state index < -0.39 is 229 Å². The molecule has 15 amide bonds. The summed E-state index contributed by atoms with van der Waals surface area (Å²) in [5, 5.41) is 64.7. The number of para-hydroxylation sites is 1. The molecule has 2 heterocycles. The number of carbonyl (C=O) groups excluding carboxylic acids is 15. The number of aromatic nitrogens is 1. The van der Waals surface area contributed by atoms with Crippen molar-refractivity contribution in [2.24, 2.45) is 17.4 Å². The molecule has 6 aromatic rings. The number of hydrogen-bond acceptors (Lipinski definition) is 20. The molecule has 0 radical (unpaired) electrons. The monoisotopic (exact) mass is 1790 g/mol. The number of amides is 15. The van der Waals surface area contributed by atoms with Gasteiger partial charge in [0.15, 0.2) is 5.96 Å². The fourth-order valence-corrected chi connectivity index (χ4v) is 15.2. The standard InChI is InChI=1S/C88H115N19O20S/c1-9-10-32-67-85(125)104(5)48-72(111)96-63(43-74(113)114)81(121)102-76(51(2)3)87(127)106(7)68(40-53-25-16-12-17-26-53)82(122)98-60(31-22-37-92-88(90)91)83(123)103(4)47-71(110)95-62(42-56-45-93-59-30-21-20-29-58(56)59)79(119)99-61(38-55-33-35-57(108)36-34-55)78(118)100-64(44-75(115)116)80(120)101-66(77(117)94-46-70(89)109)49-128-50-73(112)97-65(39-52-23-14-11-15-24-52)84(124)107(8)69(86(126)105(67)6)41-54-27-18-13-19-28-54/h11-21,23-30,33-36,45,51,60-69,76,93,108H,9-10,22,31-32,37-44,46-50H2,1-8H3,(H2,89,109)(H,94,117)(H,95,110)(H,96,111)(H,97,112)(H,98,122)(H,99,119)(H,100,118)(H,101,120)(H,102,121)(H,113,114)(H,115,116)(H4,90,91,92)/t60-,61-,62-,63-,64-,65-,66-,67-,68-,69-,76-/m0/s1. The summed E-state index contributed by atoms with van der Waals surface area (Å²) in [6.07, 6.45) is -1.33. The number of carboxylic acids is 2. The number of likely N-dealkylation sites (N-methyl/N-ethyl adjacent to an activating group) is 5. The highest BCUT2D eigenvalue weighted by Crippen LogP contribution is 2.24. The van der Waals surface area contributed by atoms with Crippen LogP contribution in [0.25, 0.3) is 10.9 Å². The Labute approximate surface area is 744 Å². The molecule has 1 aliphatic heterocycles. The van der Waals surface area contributed by atoms with Crippen molar-refractivity contribution >= 4 is 129 Å². The van der Waals surface area contributed by atoms with Gasteiger partial charge in [-0.2, -0.15) is 0 Å². The molecule has 0 saturated carbocycles. The number of H-pyrrole nitrogens is 1. The van der Waals surface area contributed by atoms with Crippen molar-refractivity contribution in [3.63, 3.8) is 0 Å². The zero-order valence-electron chi connectivity index (χ0n) is 72.6. The number of carboxylic acid groups (broad SMARTS) is 2. The highest BCUT2D eigenvalue weighted by atomic mass is 32.2. The number of nitrogens with zero attached hydrogens (tertiary/aromatic N) is 5. The molecule has 128 heavy (non-hydrogen) atoms. The van der Waals surface area contributed by atoms with E-state index in [-0.39, 0.29) is 62.8 Å². The SMILES string of the molecule is CCCC[C@H]1C(=O)N(C)CC(=O)N[C@@H](CC(=O)O)C(=O)N[C@@H](C(C)C)C(=O)N(C)[C@@H](Cc2ccccc2)C(=O)N[C@@H](CCCNC(=N)N)C(=O)N(C)CC(=O)N[C@@H](Cc2c[nH]c3ccccc23)C(=O)N[C@@H](Cc2ccc(O)cc2)C(=O)N[C@@H](CC(=O)O)C(=O)N[C@H](C(=O)NCC(N)=O)CSCC(=O)N[C@@H](Cc2ccccc2)C(=O)N(C)[C@@H](Cc2ccccc2)C(=O)N1C. The summed E-state index contributed by atoms with van der Waals surface area (Å²) < 4.78 is 0. The average Bonchev–Trinajstić information content (AvgIpc) is 1.80. The molecule has 7 rings (SSSR count). The zero-order chi connectivity index (χ0) is 94.0. The van der Waals surface area contributed by atoms with Crippen LogP contribution in [0.15, 0.2) is 146 Å². The first-order valence-electron chi connectivity index (χ1n) is 41.6. The number of carbonyl (C=O) groups is 17. The van der Waals surface area contributed by atoms with Gasteiger partial charge >= 0.3 is 11.9 Å². The molecule has 0 bridgehead atoms. The highest BCUT2D eigenvalue weighted by molar-refractivity contribution is 8.00. The lowest BCUT2D eigenvalue weighted by molar-refractivity contribution is -0.151. The Morgan fingerprint density at radius 3 is 1.51 bits per heavy atom. The number of rotatable bonds is 25. The first-order valence-corrected chi connectivity index (χ1v) is 42.8. The van der Waals surface area contributed by atoms with E-state index in [2.05, 4.69) is 58.2 Å². The lowest BCUT2D eigenvalue weighted by atomic mass is 9.98. The fraction of sp³-hybridized carbons (Fsp3) is 0.432. The largest absolute Gasteiger partial charge is 0.508 e. The second-order valence-corrected chi connectivity index (χ2v) is 32.7. The minimum Gasteiger partial charge on any atom is -0.508 e. The molecule has 11 atom stereocenters. The number of phenolic OH excluding ortho intramolecular Hbond substituents is 1. The predicted molar refractivity (Wildman–Crippen MR) is 472 cm³/mol. The molecule has 0 spiro atoms. The Morgan fingerprint density at radius 1 is 0.477 bits per heavy atom. The van der Waals surface area contributed by atoms with Gasteiger partial charge in [-0.15, -0.1) is 11.8 Å². The maximum absolute atomic E-state index is 15.5. The smallest absolute Gasteiger partial charge is 0.305 e. The summed E-state index contributed by atoms with van der Waals surface area (Å²) >= 11 is 0.712. The summed E-state index contributed by atoms with van der Waals surface area (Å²) in [5.41, 5.74) is 13.9. The number of fused-ring (bicyclic) bond motifs is 1. The molecular weight excluding hydrogens is 1680 g/mol. The van der Waals surface area contributed by atoms with Gasteiger partial charge in [-0.3, -0.25) is 86.9 Å². The zero-order valence-corrected chi connectivity index (χ0v) is 73.4. The topological polar surface area (TPSA) is 579 Å². The molecule has 1 aromatic heterocycles. The molecular formula is C88H115N19O20S. The number of thioether (sulfide) groups is 1. The van der Waals surface area contributed by atoms with E-state index in [0.717, 1.165) is 24.5 Å². The number of aromatic amines is 1. The van der Waals surface area contributed by atoms with Crippen molar-refractivity contribution in [2.75, 3.05) is 72.9 Å². The summed E-state index contributed by atoms with van der Waals surface area (Å²) in [5.74, 6) is -20.7. The van der Waals surface area contributed by atoms with Gasteiger partial charge in [0.2, 0.25) is 88.6 Å². The van der Waals surface area contributed by atoms with Crippen molar-refractivity contribution in [1.82, 2.24) is 82.7 Å². The number of nitrogens with two attached hydrogens (primary N) is 2. The van der Waals surface area contributed by atoms with E-state index in [9.17, 15) is 63.3 Å². The molecule has 688 valence electrons. The molecule has 1 fully saturated rings. The van der Waals surface area contributed by atoms with Crippen molar-refractivity contribution in [2.45, 2.75) is 164 Å². The molecule has 19 N–H and O–H groups in total. The quantitative estimate of drug-likeness (QED) is 0.0187. The summed E-state index contributed by atoms with van der Waals surface area (Å²) in [6.45, 7) is 2.45. The van der Waals surface area contributed by atoms with Gasteiger partial charge in [0.25, 0.3) is 0 Å². The highest BCUT2D eigenvalue weighted by Gasteiger charge is 2.42. The van der Waals surface area contributed by atoms with Gasteiger partial charge in [0, 0.05) is 96.7 Å². The van der Waals surface area contributed by atoms with Crippen LogP contribution < -0.4 is 64.6 Å². The van der Waals surface area contributed by atoms with E-state index in [1.807, 2.05) is 6.92 Å². The maximum Gasteiger partial charge on any atom is 0.305 e. The van der Waals surface area contributed by atoms with Crippen LogP contribution in [0.3, 0.4) is 0 Å². The Morgan fingerprint density at radius 2 is 0.945 bits per heavy atom. The molecule has 5 aromatic carbocycles. The summed E-state index contributed by atoms with van der Waals surface area (Å²) in [4.78, 5) is 254. The number of guanidine groups is 1. The fourth-order valence-electron chi connectivity index (χ4n) is 14.3. The van der Waals surface area contributed by atoms with Crippen molar-refractivity contribution in [3.05, 3.63) is 174 Å². The van der Waals surface area contributed by atoms with Gasteiger partial charge < -0.3 is 109 Å². The lowest BCUT2D eigenvalue weighted by Crippen LogP contribution is -2.61. The minimum atomic E-state index is -2.09. The number of aliphatic carboxylic acids is 2. The van der Waals surface area contributed by atoms with E-state index in [4.69, 9.17) is 16.9 Å². The van der Waals surface area contributed by atoms with E-state index in [1.54, 1.807) is 135 Å². The lowest BCUT2D eigenvalue weighted by Gasteiger charge is -2.37. The number of hydrogen-bond donors (Lipinski definition) is 17. The Kier molecular flexibility index (Phi) is 39.2. The third kappa shape index (κ3) is 31.3. The summed E-state index contributed by atoms with van der Waals surface area (Å²) in [7, 11) is 6.38. The van der Waals surface area contributed by atoms with E-state index in [1.165, 1.54) is 59.5 Å². The van der Waals surface area contributed by atoms with E-state index in [0.29, 0.717) is 57.8 Å². The van der Waals surface area contributed by atoms with Crippen LogP contribution >= 0.6 is 11.8 Å². The van der Waals surface area contributed by atoms with Crippen molar-refractivity contribution in [3.8, 4) is 5.75 Å². The predicted octanol–water partition coefficient (Wildman–Crippen LogP) is -0.930. The molecule has 1 saturated heterocycles. The van der Waals surface area contributed by atoms with Gasteiger partial charge in [0.05, 0.1) is 38.2 Å². The van der Waals surface area contributed by atoms with Crippen LogP contribution in [0, 0.1) is 11.3 Å². The Balaban J connectivity index is 1.33. The first-order chi connectivity index (χ1) is 60.8.